The number of esters is 1. The fraction of sp³-hybridized carbons (Fsp3) is 0.455. The van der Waals surface area contributed by atoms with E-state index in [4.69, 9.17) is 17.0 Å². The van der Waals surface area contributed by atoms with Crippen LogP contribution in [0.3, 0.4) is 0 Å². The lowest BCUT2D eigenvalue weighted by atomic mass is 9.87. The van der Waals surface area contributed by atoms with Gasteiger partial charge in [0.25, 0.3) is 0 Å². The van der Waals surface area contributed by atoms with E-state index in [2.05, 4.69) is 22.9 Å². The molecule has 2 atom stereocenters. The number of hydrogen-bond donors (Lipinski definition) is 3. The Bertz CT molecular complexity index is 837. The summed E-state index contributed by atoms with van der Waals surface area (Å²) in [6.07, 6.45) is 4.45. The Hall–Kier alpha value is -2.74. The van der Waals surface area contributed by atoms with E-state index in [0.29, 0.717) is 17.8 Å². The highest BCUT2D eigenvalue weighted by molar-refractivity contribution is 7.80. The molecule has 1 aliphatic heterocycles. The standard InChI is InChI=1S/C22H29N3O4S/c1-4-8-17-16(14-10-6-7-11-15(14)21(30)25-17)12-19(26)23-13-20(27)24-18(9-5-2)22(28)29-3/h6-7,10-12,17-18H,4-5,8-9,13H2,1-3H3,(H,23,26)(H,24,27)(H,25,30)/b16-12-. The topological polar surface area (TPSA) is 96.5 Å². The highest BCUT2D eigenvalue weighted by Gasteiger charge is 2.26. The molecule has 0 bridgehead atoms. The minimum Gasteiger partial charge on any atom is -0.467 e. The number of rotatable bonds is 9. The highest BCUT2D eigenvalue weighted by Crippen LogP contribution is 2.29. The third-order valence-electron chi connectivity index (χ3n) is 4.85. The van der Waals surface area contributed by atoms with Crippen LogP contribution in [0.2, 0.25) is 0 Å². The quantitative estimate of drug-likeness (QED) is 0.315. The summed E-state index contributed by atoms with van der Waals surface area (Å²) in [6, 6.07) is 6.91. The van der Waals surface area contributed by atoms with Gasteiger partial charge in [0.2, 0.25) is 11.8 Å². The maximum atomic E-state index is 12.5. The number of ether oxygens (including phenoxy) is 1. The van der Waals surface area contributed by atoms with Crippen LogP contribution in [-0.4, -0.2) is 48.5 Å². The highest BCUT2D eigenvalue weighted by atomic mass is 32.1. The predicted octanol–water partition coefficient (Wildman–Crippen LogP) is 2.09. The van der Waals surface area contributed by atoms with Gasteiger partial charge in [-0.05, 0) is 24.0 Å². The minimum atomic E-state index is -0.716. The molecule has 0 fully saturated rings. The van der Waals surface area contributed by atoms with E-state index in [-0.39, 0.29) is 18.5 Å². The number of hydrogen-bond acceptors (Lipinski definition) is 5. The molecule has 1 aromatic carbocycles. The van der Waals surface area contributed by atoms with Gasteiger partial charge in [0, 0.05) is 11.6 Å². The zero-order valence-corrected chi connectivity index (χ0v) is 18.4. The van der Waals surface area contributed by atoms with Crippen LogP contribution < -0.4 is 16.0 Å². The summed E-state index contributed by atoms with van der Waals surface area (Å²) in [4.78, 5) is 37.1. The number of thiocarbonyl (C=S) groups is 1. The molecule has 0 saturated carbocycles. The van der Waals surface area contributed by atoms with Gasteiger partial charge < -0.3 is 20.7 Å². The Labute approximate surface area is 182 Å². The number of benzene rings is 1. The van der Waals surface area contributed by atoms with Crippen molar-refractivity contribution < 1.29 is 19.1 Å². The first-order valence-electron chi connectivity index (χ1n) is 10.2. The fourth-order valence-electron chi connectivity index (χ4n) is 3.41. The molecule has 2 rings (SSSR count). The van der Waals surface area contributed by atoms with Gasteiger partial charge >= 0.3 is 5.97 Å². The van der Waals surface area contributed by atoms with Crippen LogP contribution in [0.1, 0.15) is 50.7 Å². The lowest BCUT2D eigenvalue weighted by Crippen LogP contribution is -2.46. The molecule has 0 aromatic heterocycles. The van der Waals surface area contributed by atoms with Crippen LogP contribution in [0.4, 0.5) is 0 Å². The van der Waals surface area contributed by atoms with Crippen molar-refractivity contribution in [3.05, 3.63) is 41.5 Å². The molecular formula is C22H29N3O4S. The van der Waals surface area contributed by atoms with Crippen LogP contribution in [0.25, 0.3) is 5.57 Å². The van der Waals surface area contributed by atoms with Gasteiger partial charge in [0.05, 0.1) is 19.7 Å². The van der Waals surface area contributed by atoms with Crippen molar-refractivity contribution in [2.75, 3.05) is 13.7 Å². The molecule has 8 heteroatoms. The van der Waals surface area contributed by atoms with E-state index in [1.165, 1.54) is 13.2 Å². The Balaban J connectivity index is 2.08. The van der Waals surface area contributed by atoms with Gasteiger partial charge in [-0.2, -0.15) is 0 Å². The molecule has 2 amide bonds. The Kier molecular flexibility index (Phi) is 8.98. The van der Waals surface area contributed by atoms with Gasteiger partial charge in [-0.3, -0.25) is 9.59 Å². The molecular weight excluding hydrogens is 402 g/mol. The van der Waals surface area contributed by atoms with Gasteiger partial charge in [-0.15, -0.1) is 0 Å². The zero-order valence-electron chi connectivity index (χ0n) is 17.6. The van der Waals surface area contributed by atoms with Gasteiger partial charge in [-0.25, -0.2) is 4.79 Å². The van der Waals surface area contributed by atoms with Crippen molar-refractivity contribution >= 4 is 40.6 Å². The van der Waals surface area contributed by atoms with Crippen molar-refractivity contribution in [2.24, 2.45) is 0 Å². The maximum absolute atomic E-state index is 12.5. The summed E-state index contributed by atoms with van der Waals surface area (Å²) >= 11 is 5.47. The molecule has 3 N–H and O–H groups in total. The van der Waals surface area contributed by atoms with E-state index < -0.39 is 17.9 Å². The lowest BCUT2D eigenvalue weighted by Gasteiger charge is -2.30. The van der Waals surface area contributed by atoms with E-state index in [1.807, 2.05) is 31.2 Å². The van der Waals surface area contributed by atoms with Crippen LogP contribution in [0.15, 0.2) is 30.3 Å². The summed E-state index contributed by atoms with van der Waals surface area (Å²) in [5.74, 6) is -1.32. The number of methoxy groups -OCH3 is 1. The third kappa shape index (κ3) is 6.13. The van der Waals surface area contributed by atoms with Gasteiger partial charge in [0.1, 0.15) is 11.0 Å². The Morgan fingerprint density at radius 2 is 1.90 bits per heavy atom. The number of amides is 2. The van der Waals surface area contributed by atoms with Crippen LogP contribution in [0.5, 0.6) is 0 Å². The number of fused-ring (bicyclic) bond motifs is 1. The smallest absolute Gasteiger partial charge is 0.328 e. The van der Waals surface area contributed by atoms with Gasteiger partial charge in [0.15, 0.2) is 0 Å². The average Bonchev–Trinajstić information content (AvgIpc) is 2.74. The molecule has 2 unspecified atom stereocenters. The molecule has 0 spiro atoms. The van der Waals surface area contributed by atoms with E-state index in [1.54, 1.807) is 0 Å². The second-order valence-electron chi connectivity index (χ2n) is 7.11. The molecule has 1 heterocycles. The SMILES string of the molecule is CCCC(NC(=O)CNC(=O)/C=C1/c2ccccc2C(=S)NC1CCC)C(=O)OC. The molecule has 162 valence electrons. The summed E-state index contributed by atoms with van der Waals surface area (Å²) < 4.78 is 4.70. The summed E-state index contributed by atoms with van der Waals surface area (Å²) in [5.41, 5.74) is 2.66. The van der Waals surface area contributed by atoms with E-state index >= 15 is 0 Å². The number of carbonyl (C=O) groups excluding carboxylic acids is 3. The predicted molar refractivity (Wildman–Crippen MR) is 120 cm³/mol. The van der Waals surface area contributed by atoms with Crippen LogP contribution in [-0.2, 0) is 19.1 Å². The number of nitrogens with one attached hydrogen (secondary N) is 3. The summed E-state index contributed by atoms with van der Waals surface area (Å²) in [7, 11) is 1.28. The normalized spacial score (nSPS) is 17.5. The van der Waals surface area contributed by atoms with Crippen molar-refractivity contribution in [2.45, 2.75) is 51.6 Å². The minimum absolute atomic E-state index is 0.0646. The zero-order chi connectivity index (χ0) is 22.1. The molecule has 0 saturated heterocycles. The number of carbonyl (C=O) groups is 3. The van der Waals surface area contributed by atoms with Crippen molar-refractivity contribution in [3.63, 3.8) is 0 Å². The van der Waals surface area contributed by atoms with E-state index in [9.17, 15) is 14.4 Å². The van der Waals surface area contributed by atoms with E-state index in [0.717, 1.165) is 29.5 Å². The third-order valence-corrected chi connectivity index (χ3v) is 5.19. The molecule has 30 heavy (non-hydrogen) atoms. The lowest BCUT2D eigenvalue weighted by molar-refractivity contribution is -0.145. The fourth-order valence-corrected chi connectivity index (χ4v) is 3.73. The van der Waals surface area contributed by atoms with Crippen molar-refractivity contribution in [1.29, 1.82) is 0 Å². The van der Waals surface area contributed by atoms with Crippen molar-refractivity contribution in [3.8, 4) is 0 Å². The molecule has 7 nitrogen and oxygen atoms in total. The molecule has 0 aliphatic carbocycles. The molecule has 1 aliphatic rings. The second kappa shape index (κ2) is 11.4. The first kappa shape index (κ1) is 23.5. The second-order valence-corrected chi connectivity index (χ2v) is 7.52. The largest absolute Gasteiger partial charge is 0.467 e. The Morgan fingerprint density at radius 1 is 1.20 bits per heavy atom. The average molecular weight is 432 g/mol. The first-order chi connectivity index (χ1) is 14.4. The van der Waals surface area contributed by atoms with Gasteiger partial charge in [-0.1, -0.05) is 63.2 Å². The summed E-state index contributed by atoms with van der Waals surface area (Å²) in [6.45, 7) is 3.75. The molecule has 1 aromatic rings. The van der Waals surface area contributed by atoms with Crippen molar-refractivity contribution in [1.82, 2.24) is 16.0 Å². The maximum Gasteiger partial charge on any atom is 0.328 e. The monoisotopic (exact) mass is 431 g/mol. The van der Waals surface area contributed by atoms with Crippen LogP contribution >= 0.6 is 12.2 Å². The Morgan fingerprint density at radius 3 is 2.53 bits per heavy atom. The van der Waals surface area contributed by atoms with Crippen LogP contribution in [0, 0.1) is 0 Å². The summed E-state index contributed by atoms with van der Waals surface area (Å²) in [5, 5.41) is 8.50. The first-order valence-corrected chi connectivity index (χ1v) is 10.6. The molecule has 0 radical (unpaired) electrons.